The van der Waals surface area contributed by atoms with Gasteiger partial charge in [-0.1, -0.05) is 30.3 Å². The van der Waals surface area contributed by atoms with Crippen LogP contribution < -0.4 is 10.7 Å². The highest BCUT2D eigenvalue weighted by molar-refractivity contribution is 5.98. The molecule has 3 aromatic rings. The Balaban J connectivity index is 1.72. The van der Waals surface area contributed by atoms with Gasteiger partial charge in [-0.25, -0.2) is 4.79 Å². The van der Waals surface area contributed by atoms with Crippen molar-refractivity contribution in [3.8, 4) is 5.69 Å². The maximum atomic E-state index is 13.7. The van der Waals surface area contributed by atoms with Crippen molar-refractivity contribution in [2.45, 2.75) is 45.6 Å². The molecule has 1 aliphatic rings. The zero-order valence-electron chi connectivity index (χ0n) is 20.8. The van der Waals surface area contributed by atoms with Gasteiger partial charge in [0.25, 0.3) is 5.91 Å². The summed E-state index contributed by atoms with van der Waals surface area (Å²) in [5.41, 5.74) is 1.76. The van der Waals surface area contributed by atoms with Crippen LogP contribution in [0.3, 0.4) is 0 Å². The molecule has 0 saturated carbocycles. The molecule has 7 heteroatoms. The Bertz CT molecular complexity index is 1280. The number of amides is 2. The third-order valence-electron chi connectivity index (χ3n) is 6.39. The van der Waals surface area contributed by atoms with Crippen LogP contribution in [0.1, 0.15) is 49.7 Å². The number of nitrogens with zero attached hydrogens (tertiary/aromatic N) is 2. The number of carbonyl (C=O) groups is 2. The van der Waals surface area contributed by atoms with E-state index in [0.717, 1.165) is 18.5 Å². The van der Waals surface area contributed by atoms with Crippen molar-refractivity contribution in [3.05, 3.63) is 76.1 Å². The molecule has 2 heterocycles. The molecule has 0 aliphatic carbocycles. The van der Waals surface area contributed by atoms with Crippen molar-refractivity contribution >= 4 is 22.9 Å². The number of nitrogens with one attached hydrogen (secondary N) is 1. The van der Waals surface area contributed by atoms with E-state index in [1.165, 1.54) is 0 Å². The number of pyridine rings is 1. The van der Waals surface area contributed by atoms with Gasteiger partial charge in [0.15, 0.2) is 5.43 Å². The highest BCUT2D eigenvalue weighted by Crippen LogP contribution is 2.27. The summed E-state index contributed by atoms with van der Waals surface area (Å²) in [4.78, 5) is 41.1. The number of benzene rings is 2. The van der Waals surface area contributed by atoms with Gasteiger partial charge < -0.3 is 19.5 Å². The van der Waals surface area contributed by atoms with E-state index in [4.69, 9.17) is 4.74 Å². The van der Waals surface area contributed by atoms with Gasteiger partial charge in [0.1, 0.15) is 11.3 Å². The van der Waals surface area contributed by atoms with Crippen LogP contribution in [0.5, 0.6) is 0 Å². The van der Waals surface area contributed by atoms with Crippen molar-refractivity contribution in [1.29, 1.82) is 0 Å². The zero-order valence-corrected chi connectivity index (χ0v) is 20.8. The molecule has 1 aromatic heterocycles. The van der Waals surface area contributed by atoms with Gasteiger partial charge in [0.2, 0.25) is 0 Å². The van der Waals surface area contributed by atoms with Crippen LogP contribution in [-0.2, 0) is 11.2 Å². The van der Waals surface area contributed by atoms with Crippen molar-refractivity contribution in [2.24, 2.45) is 5.92 Å². The smallest absolute Gasteiger partial charge is 0.410 e. The van der Waals surface area contributed by atoms with Gasteiger partial charge in [-0.2, -0.15) is 0 Å². The molecule has 4 rings (SSSR count). The summed E-state index contributed by atoms with van der Waals surface area (Å²) in [6.45, 7) is 6.70. The van der Waals surface area contributed by atoms with Crippen molar-refractivity contribution in [2.75, 3.05) is 20.1 Å². The zero-order chi connectivity index (χ0) is 25.2. The van der Waals surface area contributed by atoms with Crippen LogP contribution in [-0.4, -0.2) is 47.2 Å². The third-order valence-corrected chi connectivity index (χ3v) is 6.39. The average molecular weight is 476 g/mol. The molecule has 35 heavy (non-hydrogen) atoms. The number of para-hydroxylation sites is 2. The number of piperidine rings is 1. The lowest BCUT2D eigenvalue weighted by Gasteiger charge is -2.33. The molecule has 0 radical (unpaired) electrons. The Morgan fingerprint density at radius 1 is 1.00 bits per heavy atom. The van der Waals surface area contributed by atoms with E-state index in [0.29, 0.717) is 41.7 Å². The number of fused-ring (bicyclic) bond motifs is 1. The number of aromatic nitrogens is 1. The highest BCUT2D eigenvalue weighted by Gasteiger charge is 2.30. The van der Waals surface area contributed by atoms with Crippen LogP contribution in [0.2, 0.25) is 0 Å². The first kappa shape index (κ1) is 24.5. The van der Waals surface area contributed by atoms with Gasteiger partial charge >= 0.3 is 6.09 Å². The quantitative estimate of drug-likeness (QED) is 0.601. The average Bonchev–Trinajstić information content (AvgIpc) is 2.85. The topological polar surface area (TPSA) is 80.6 Å². The van der Waals surface area contributed by atoms with Crippen molar-refractivity contribution in [3.63, 3.8) is 0 Å². The summed E-state index contributed by atoms with van der Waals surface area (Å²) >= 11 is 0. The van der Waals surface area contributed by atoms with E-state index >= 15 is 0 Å². The Labute approximate surface area is 205 Å². The number of ether oxygens (including phenoxy) is 1. The fourth-order valence-corrected chi connectivity index (χ4v) is 4.71. The molecule has 1 saturated heterocycles. The summed E-state index contributed by atoms with van der Waals surface area (Å²) in [5.74, 6) is -0.118. The molecule has 2 aromatic carbocycles. The second-order valence-corrected chi connectivity index (χ2v) is 10.0. The molecule has 184 valence electrons. The fourth-order valence-electron chi connectivity index (χ4n) is 4.71. The summed E-state index contributed by atoms with van der Waals surface area (Å²) in [6.07, 6.45) is 1.65. The van der Waals surface area contributed by atoms with E-state index < -0.39 is 5.60 Å². The third kappa shape index (κ3) is 5.24. The molecular weight excluding hydrogens is 442 g/mol. The van der Waals surface area contributed by atoms with Crippen LogP contribution in [0, 0.1) is 5.92 Å². The predicted octanol–water partition coefficient (Wildman–Crippen LogP) is 4.54. The summed E-state index contributed by atoms with van der Waals surface area (Å²) in [7, 11) is 1.58. The number of hydrogen-bond donors (Lipinski definition) is 1. The SMILES string of the molecule is CNC(=O)c1c(CC2CCN(C(=O)OC(C)(C)C)CC2)c(=O)c2ccccc2n1-c1ccccc1. The minimum atomic E-state index is -0.538. The number of rotatable bonds is 4. The Morgan fingerprint density at radius 3 is 2.26 bits per heavy atom. The van der Waals surface area contributed by atoms with Gasteiger partial charge in [0, 0.05) is 36.8 Å². The molecule has 1 aliphatic heterocycles. The van der Waals surface area contributed by atoms with Gasteiger partial charge in [-0.05, 0) is 70.2 Å². The molecule has 0 bridgehead atoms. The van der Waals surface area contributed by atoms with Gasteiger partial charge in [0.05, 0.1) is 5.52 Å². The van der Waals surface area contributed by atoms with E-state index in [9.17, 15) is 14.4 Å². The minimum absolute atomic E-state index is 0.110. The second kappa shape index (κ2) is 9.94. The van der Waals surface area contributed by atoms with E-state index in [2.05, 4.69) is 5.32 Å². The Hall–Kier alpha value is -3.61. The van der Waals surface area contributed by atoms with Crippen LogP contribution >= 0.6 is 0 Å². The van der Waals surface area contributed by atoms with E-state index in [-0.39, 0.29) is 23.3 Å². The van der Waals surface area contributed by atoms with Gasteiger partial charge in [-0.15, -0.1) is 0 Å². The normalized spacial score (nSPS) is 14.7. The molecule has 7 nitrogen and oxygen atoms in total. The predicted molar refractivity (Wildman–Crippen MR) is 137 cm³/mol. The maximum absolute atomic E-state index is 13.7. The van der Waals surface area contributed by atoms with Crippen molar-refractivity contribution in [1.82, 2.24) is 14.8 Å². The fraction of sp³-hybridized carbons (Fsp3) is 0.393. The van der Waals surface area contributed by atoms with Gasteiger partial charge in [-0.3, -0.25) is 9.59 Å². The highest BCUT2D eigenvalue weighted by atomic mass is 16.6. The van der Waals surface area contributed by atoms with E-state index in [1.807, 2.05) is 79.9 Å². The lowest BCUT2D eigenvalue weighted by molar-refractivity contribution is 0.0184. The molecule has 0 atom stereocenters. The Kier molecular flexibility index (Phi) is 6.96. The monoisotopic (exact) mass is 475 g/mol. The first-order valence-corrected chi connectivity index (χ1v) is 12.1. The number of hydrogen-bond acceptors (Lipinski definition) is 4. The maximum Gasteiger partial charge on any atom is 0.410 e. The summed E-state index contributed by atoms with van der Waals surface area (Å²) in [5, 5.41) is 3.32. The minimum Gasteiger partial charge on any atom is -0.444 e. The molecular formula is C28H33N3O4. The second-order valence-electron chi connectivity index (χ2n) is 10.0. The van der Waals surface area contributed by atoms with E-state index in [1.54, 1.807) is 11.9 Å². The van der Waals surface area contributed by atoms with Crippen LogP contribution in [0.25, 0.3) is 16.6 Å². The molecule has 0 spiro atoms. The Morgan fingerprint density at radius 2 is 1.63 bits per heavy atom. The molecule has 1 N–H and O–H groups in total. The molecule has 2 amide bonds. The summed E-state index contributed by atoms with van der Waals surface area (Å²) < 4.78 is 7.40. The van der Waals surface area contributed by atoms with Crippen LogP contribution in [0.4, 0.5) is 4.79 Å². The molecule has 0 unspecified atom stereocenters. The number of carbonyl (C=O) groups excluding carboxylic acids is 2. The number of likely N-dealkylation sites (tertiary alicyclic amines) is 1. The standard InChI is InChI=1S/C28H33N3O4/c1-28(2,3)35-27(34)30-16-14-19(15-17-30)18-22-24(26(33)29-4)31(20-10-6-5-7-11-20)23-13-9-8-12-21(23)25(22)32/h5-13,19H,14-18H2,1-4H3,(H,29,33). The summed E-state index contributed by atoms with van der Waals surface area (Å²) in [6, 6.07) is 17.1. The van der Waals surface area contributed by atoms with Crippen LogP contribution in [0.15, 0.2) is 59.4 Å². The first-order chi connectivity index (χ1) is 16.7. The molecule has 1 fully saturated rings. The lowest BCUT2D eigenvalue weighted by atomic mass is 9.88. The van der Waals surface area contributed by atoms with Crippen molar-refractivity contribution < 1.29 is 14.3 Å². The largest absolute Gasteiger partial charge is 0.444 e. The first-order valence-electron chi connectivity index (χ1n) is 12.1. The lowest BCUT2D eigenvalue weighted by Crippen LogP contribution is -2.42.